The third-order valence-corrected chi connectivity index (χ3v) is 6.23. The van der Waals surface area contributed by atoms with E-state index in [0.29, 0.717) is 19.5 Å². The number of anilines is 1. The molecule has 2 saturated heterocycles. The van der Waals surface area contributed by atoms with Gasteiger partial charge in [0, 0.05) is 50.8 Å². The molecule has 170 valence electrons. The first-order chi connectivity index (χ1) is 15.6. The predicted octanol–water partition coefficient (Wildman–Crippen LogP) is 2.50. The summed E-state index contributed by atoms with van der Waals surface area (Å²) in [5, 5.41) is 3.06. The highest BCUT2D eigenvalue weighted by molar-refractivity contribution is 5.80. The number of aromatic nitrogens is 2. The molecule has 1 atom stereocenters. The molecule has 0 aliphatic carbocycles. The average Bonchev–Trinajstić information content (AvgIpc) is 3.26. The van der Waals surface area contributed by atoms with E-state index in [1.807, 2.05) is 35.2 Å². The number of amides is 2. The maximum Gasteiger partial charge on any atom is 0.224 e. The first-order valence-electron chi connectivity index (χ1n) is 11.4. The minimum atomic E-state index is -0.0587. The molecule has 8 heteroatoms. The molecule has 2 aromatic rings. The highest BCUT2D eigenvalue weighted by Crippen LogP contribution is 2.26. The van der Waals surface area contributed by atoms with Crippen molar-refractivity contribution in [2.24, 2.45) is 5.92 Å². The second-order valence-electron chi connectivity index (χ2n) is 8.40. The minimum Gasteiger partial charge on any atom is -0.497 e. The van der Waals surface area contributed by atoms with Crippen LogP contribution in [-0.4, -0.2) is 66.5 Å². The second-order valence-corrected chi connectivity index (χ2v) is 8.40. The number of ether oxygens (including phenoxy) is 1. The number of piperidine rings is 1. The minimum absolute atomic E-state index is 0.0587. The summed E-state index contributed by atoms with van der Waals surface area (Å²) in [7, 11) is 1.65. The molecule has 0 saturated carbocycles. The van der Waals surface area contributed by atoms with Crippen LogP contribution in [0.15, 0.2) is 36.7 Å². The summed E-state index contributed by atoms with van der Waals surface area (Å²) in [6.45, 7) is 3.70. The summed E-state index contributed by atoms with van der Waals surface area (Å²) in [5.41, 5.74) is 1.85. The predicted molar refractivity (Wildman–Crippen MR) is 122 cm³/mol. The van der Waals surface area contributed by atoms with Gasteiger partial charge in [0.15, 0.2) is 0 Å². The molecule has 1 aromatic heterocycles. The molecule has 0 radical (unpaired) electrons. The molecule has 8 nitrogen and oxygen atoms in total. The molecule has 2 aliphatic heterocycles. The third-order valence-electron chi connectivity index (χ3n) is 6.23. The molecule has 0 spiro atoms. The quantitative estimate of drug-likeness (QED) is 0.639. The number of hydrogen-bond acceptors (Lipinski definition) is 6. The van der Waals surface area contributed by atoms with Gasteiger partial charge in [-0.1, -0.05) is 0 Å². The Hall–Kier alpha value is -3.16. The van der Waals surface area contributed by atoms with Crippen molar-refractivity contribution in [2.75, 3.05) is 44.7 Å². The molecule has 2 fully saturated rings. The summed E-state index contributed by atoms with van der Waals surface area (Å²) in [6, 6.07) is 9.77. The molecule has 2 aliphatic rings. The normalized spacial score (nSPS) is 18.7. The van der Waals surface area contributed by atoms with Crippen LogP contribution in [0.1, 0.15) is 32.1 Å². The summed E-state index contributed by atoms with van der Waals surface area (Å²) >= 11 is 0. The monoisotopic (exact) mass is 437 g/mol. The summed E-state index contributed by atoms with van der Waals surface area (Å²) in [5.74, 6) is 1.91. The van der Waals surface area contributed by atoms with Gasteiger partial charge in [-0.15, -0.1) is 0 Å². The van der Waals surface area contributed by atoms with Crippen LogP contribution in [0.2, 0.25) is 0 Å². The van der Waals surface area contributed by atoms with E-state index in [4.69, 9.17) is 4.74 Å². The molecular formula is C24H31N5O3. The number of carbonyl (C=O) groups excluding carboxylic acids is 2. The van der Waals surface area contributed by atoms with Crippen molar-refractivity contribution in [3.63, 3.8) is 0 Å². The highest BCUT2D eigenvalue weighted by atomic mass is 16.5. The van der Waals surface area contributed by atoms with Gasteiger partial charge in [0.2, 0.25) is 11.8 Å². The van der Waals surface area contributed by atoms with Gasteiger partial charge >= 0.3 is 0 Å². The van der Waals surface area contributed by atoms with Crippen molar-refractivity contribution in [3.8, 4) is 17.0 Å². The van der Waals surface area contributed by atoms with E-state index in [0.717, 1.165) is 68.1 Å². The van der Waals surface area contributed by atoms with Crippen molar-refractivity contribution in [1.82, 2.24) is 20.2 Å². The number of benzene rings is 1. The van der Waals surface area contributed by atoms with Crippen molar-refractivity contribution in [2.45, 2.75) is 32.1 Å². The third kappa shape index (κ3) is 5.36. The lowest BCUT2D eigenvalue weighted by Gasteiger charge is -2.33. The Kier molecular flexibility index (Phi) is 7.19. The van der Waals surface area contributed by atoms with Gasteiger partial charge in [-0.05, 0) is 49.9 Å². The maximum absolute atomic E-state index is 12.7. The van der Waals surface area contributed by atoms with Gasteiger partial charge in [0.05, 0.1) is 18.7 Å². The number of likely N-dealkylation sites (tertiary alicyclic amines) is 1. The molecule has 32 heavy (non-hydrogen) atoms. The zero-order valence-corrected chi connectivity index (χ0v) is 18.6. The fourth-order valence-corrected chi connectivity index (χ4v) is 4.41. The standard InChI is InChI=1S/C24H31N5O3/c1-32-20-9-7-18(8-10-20)21-15-22(27-17-26-21)29-13-2-5-19(16-29)24(31)25-11-4-14-28-12-3-6-23(28)30/h7-10,15,17,19H,2-6,11-14,16H2,1H3,(H,25,31). The second kappa shape index (κ2) is 10.4. The van der Waals surface area contributed by atoms with Crippen molar-refractivity contribution in [1.29, 1.82) is 0 Å². The fraction of sp³-hybridized carbons (Fsp3) is 0.500. The molecule has 1 unspecified atom stereocenters. The molecular weight excluding hydrogens is 406 g/mol. The Morgan fingerprint density at radius 3 is 2.78 bits per heavy atom. The molecule has 3 heterocycles. The molecule has 4 rings (SSSR count). The van der Waals surface area contributed by atoms with E-state index in [9.17, 15) is 9.59 Å². The number of rotatable bonds is 8. The largest absolute Gasteiger partial charge is 0.497 e. The van der Waals surface area contributed by atoms with Gasteiger partial charge < -0.3 is 19.9 Å². The average molecular weight is 438 g/mol. The number of carbonyl (C=O) groups is 2. The lowest BCUT2D eigenvalue weighted by molar-refractivity contribution is -0.127. The summed E-state index contributed by atoms with van der Waals surface area (Å²) < 4.78 is 5.23. The van der Waals surface area contributed by atoms with E-state index >= 15 is 0 Å². The van der Waals surface area contributed by atoms with Crippen LogP contribution >= 0.6 is 0 Å². The molecule has 2 amide bonds. The lowest BCUT2D eigenvalue weighted by atomic mass is 9.97. The SMILES string of the molecule is COc1ccc(-c2cc(N3CCCC(C(=O)NCCCN4CCCC4=O)C3)ncn2)cc1. The van der Waals surface area contributed by atoms with E-state index in [1.165, 1.54) is 0 Å². The van der Waals surface area contributed by atoms with E-state index in [2.05, 4.69) is 20.2 Å². The van der Waals surface area contributed by atoms with E-state index in [1.54, 1.807) is 13.4 Å². The van der Waals surface area contributed by atoms with Crippen molar-refractivity contribution >= 4 is 17.6 Å². The van der Waals surface area contributed by atoms with Crippen LogP contribution < -0.4 is 15.0 Å². The number of hydrogen-bond donors (Lipinski definition) is 1. The Balaban J connectivity index is 1.31. The van der Waals surface area contributed by atoms with Gasteiger partial charge in [0.1, 0.15) is 17.9 Å². The first-order valence-corrected chi connectivity index (χ1v) is 11.4. The molecule has 1 aromatic carbocycles. The van der Waals surface area contributed by atoms with Crippen LogP contribution in [0.25, 0.3) is 11.3 Å². The zero-order chi connectivity index (χ0) is 22.3. The Morgan fingerprint density at radius 2 is 2.03 bits per heavy atom. The van der Waals surface area contributed by atoms with Crippen LogP contribution in [-0.2, 0) is 9.59 Å². The smallest absolute Gasteiger partial charge is 0.224 e. The number of methoxy groups -OCH3 is 1. The Labute approximate surface area is 189 Å². The Morgan fingerprint density at radius 1 is 1.19 bits per heavy atom. The molecule has 0 bridgehead atoms. The van der Waals surface area contributed by atoms with Gasteiger partial charge in [-0.2, -0.15) is 0 Å². The molecule has 1 N–H and O–H groups in total. The first kappa shape index (κ1) is 22.0. The van der Waals surface area contributed by atoms with E-state index < -0.39 is 0 Å². The maximum atomic E-state index is 12.7. The topological polar surface area (TPSA) is 87.7 Å². The van der Waals surface area contributed by atoms with Crippen LogP contribution in [0.5, 0.6) is 5.75 Å². The summed E-state index contributed by atoms with van der Waals surface area (Å²) in [6.07, 6.45) is 5.81. The van der Waals surface area contributed by atoms with Gasteiger partial charge in [-0.3, -0.25) is 9.59 Å². The highest BCUT2D eigenvalue weighted by Gasteiger charge is 2.27. The van der Waals surface area contributed by atoms with Crippen LogP contribution in [0.3, 0.4) is 0 Å². The number of nitrogens with one attached hydrogen (secondary N) is 1. The van der Waals surface area contributed by atoms with Crippen LogP contribution in [0.4, 0.5) is 5.82 Å². The zero-order valence-electron chi connectivity index (χ0n) is 18.6. The van der Waals surface area contributed by atoms with Crippen molar-refractivity contribution in [3.05, 3.63) is 36.7 Å². The fourth-order valence-electron chi connectivity index (χ4n) is 4.41. The number of nitrogens with zero attached hydrogens (tertiary/aromatic N) is 4. The lowest BCUT2D eigenvalue weighted by Crippen LogP contribution is -2.44. The van der Waals surface area contributed by atoms with Crippen molar-refractivity contribution < 1.29 is 14.3 Å². The van der Waals surface area contributed by atoms with Gasteiger partial charge in [0.25, 0.3) is 0 Å². The van der Waals surface area contributed by atoms with E-state index in [-0.39, 0.29) is 17.7 Å². The van der Waals surface area contributed by atoms with Gasteiger partial charge in [-0.25, -0.2) is 9.97 Å². The Bertz CT molecular complexity index is 933. The van der Waals surface area contributed by atoms with Crippen LogP contribution in [0, 0.1) is 5.92 Å². The summed E-state index contributed by atoms with van der Waals surface area (Å²) in [4.78, 5) is 37.3.